The molecule has 6 nitrogen and oxygen atoms in total. The Morgan fingerprint density at radius 1 is 1.29 bits per heavy atom. The molecule has 0 aromatic heterocycles. The molecule has 1 unspecified atom stereocenters. The lowest BCUT2D eigenvalue weighted by Crippen LogP contribution is -2.32. The third-order valence-electron chi connectivity index (χ3n) is 7.29. The molecule has 0 bridgehead atoms. The fraction of sp³-hybridized carbons (Fsp3) is 0.700. The van der Waals surface area contributed by atoms with Crippen LogP contribution in [0.1, 0.15) is 77.6 Å². The van der Waals surface area contributed by atoms with E-state index < -0.39 is 12.3 Å². The van der Waals surface area contributed by atoms with Gasteiger partial charge >= 0.3 is 5.97 Å². The van der Waals surface area contributed by atoms with E-state index in [0.29, 0.717) is 56.1 Å². The minimum atomic E-state index is -1.14. The van der Waals surface area contributed by atoms with Gasteiger partial charge in [-0.2, -0.15) is 0 Å². The first-order valence-electron chi connectivity index (χ1n) is 14.2. The summed E-state index contributed by atoms with van der Waals surface area (Å²) in [4.78, 5) is 11.6. The van der Waals surface area contributed by atoms with Crippen molar-refractivity contribution in [2.45, 2.75) is 102 Å². The normalized spacial score (nSPS) is 26.5. The van der Waals surface area contributed by atoms with Gasteiger partial charge in [0.25, 0.3) is 0 Å². The van der Waals surface area contributed by atoms with Crippen molar-refractivity contribution < 1.29 is 33.2 Å². The smallest absolute Gasteiger partial charge is 0.305 e. The summed E-state index contributed by atoms with van der Waals surface area (Å²) in [5, 5.41) is 11.5. The van der Waals surface area contributed by atoms with E-state index in [9.17, 15) is 14.3 Å². The summed E-state index contributed by atoms with van der Waals surface area (Å²) in [5.74, 6) is 0.398. The van der Waals surface area contributed by atoms with E-state index in [0.717, 1.165) is 38.5 Å². The number of carbonyl (C=O) groups excluding carboxylic acids is 1. The van der Waals surface area contributed by atoms with Gasteiger partial charge in [0.15, 0.2) is 6.29 Å². The lowest BCUT2D eigenvalue weighted by Gasteiger charge is -2.30. The van der Waals surface area contributed by atoms with E-state index in [4.69, 9.17) is 30.5 Å². The number of allylic oxidation sites excluding steroid dienone is 2. The maximum absolute atomic E-state index is 14.8. The van der Waals surface area contributed by atoms with Crippen molar-refractivity contribution in [3.05, 3.63) is 41.4 Å². The molecular formula is C30H44ClFO6. The van der Waals surface area contributed by atoms with Gasteiger partial charge in [-0.25, -0.2) is 4.39 Å². The average Bonchev–Trinajstić information content (AvgIpc) is 3.20. The molecule has 0 spiro atoms. The van der Waals surface area contributed by atoms with Crippen LogP contribution in [0.4, 0.5) is 4.39 Å². The number of alkyl halides is 1. The number of esters is 1. The number of unbranched alkanes of at least 4 members (excludes halogenated alkanes) is 1. The maximum Gasteiger partial charge on any atom is 0.305 e. The molecule has 1 aromatic carbocycles. The van der Waals surface area contributed by atoms with Gasteiger partial charge < -0.3 is 24.1 Å². The van der Waals surface area contributed by atoms with Gasteiger partial charge in [-0.15, -0.1) is 0 Å². The summed E-state index contributed by atoms with van der Waals surface area (Å²) in [6, 6.07) is 6.96. The van der Waals surface area contributed by atoms with Crippen LogP contribution in [0.2, 0.25) is 5.02 Å². The second kappa shape index (κ2) is 17.1. The first-order chi connectivity index (χ1) is 18.5. The highest BCUT2D eigenvalue weighted by Crippen LogP contribution is 2.41. The highest BCUT2D eigenvalue weighted by atomic mass is 35.5. The van der Waals surface area contributed by atoms with Gasteiger partial charge in [0.1, 0.15) is 18.5 Å². The first-order valence-corrected chi connectivity index (χ1v) is 14.6. The Hall–Kier alpha value is -1.67. The van der Waals surface area contributed by atoms with Gasteiger partial charge in [0, 0.05) is 24.5 Å². The Bertz CT molecular complexity index is 846. The molecule has 2 aliphatic rings. The molecule has 1 heterocycles. The van der Waals surface area contributed by atoms with Crippen LogP contribution in [-0.4, -0.2) is 55.6 Å². The monoisotopic (exact) mass is 554 g/mol. The number of aliphatic hydroxyl groups is 1. The van der Waals surface area contributed by atoms with Crippen LogP contribution in [0.5, 0.6) is 5.75 Å². The number of carbonyl (C=O) groups is 1. The van der Waals surface area contributed by atoms with E-state index in [1.807, 2.05) is 6.92 Å². The number of hydrogen-bond acceptors (Lipinski definition) is 6. The molecule has 6 atom stereocenters. The summed E-state index contributed by atoms with van der Waals surface area (Å²) < 4.78 is 37.7. The van der Waals surface area contributed by atoms with Crippen LogP contribution >= 0.6 is 11.6 Å². The van der Waals surface area contributed by atoms with E-state index in [1.165, 1.54) is 0 Å². The molecule has 0 radical (unpaired) electrons. The molecule has 1 saturated carbocycles. The molecule has 1 aliphatic carbocycles. The van der Waals surface area contributed by atoms with Crippen LogP contribution in [0.25, 0.3) is 0 Å². The van der Waals surface area contributed by atoms with Gasteiger partial charge in [-0.05, 0) is 87.8 Å². The van der Waals surface area contributed by atoms with Crippen LogP contribution in [0, 0.1) is 11.8 Å². The zero-order valence-electron chi connectivity index (χ0n) is 22.6. The Morgan fingerprint density at radius 2 is 2.16 bits per heavy atom. The minimum absolute atomic E-state index is 0.0181. The second-order valence-electron chi connectivity index (χ2n) is 10.4. The van der Waals surface area contributed by atoms with Crippen molar-refractivity contribution in [2.24, 2.45) is 11.8 Å². The number of rotatable bonds is 16. The van der Waals surface area contributed by atoms with Gasteiger partial charge in [0.2, 0.25) is 0 Å². The van der Waals surface area contributed by atoms with E-state index in [1.54, 1.807) is 24.3 Å². The zero-order chi connectivity index (χ0) is 27.2. The minimum Gasteiger partial charge on any atom is -0.491 e. The van der Waals surface area contributed by atoms with Crippen LogP contribution in [0.15, 0.2) is 36.4 Å². The number of hydrogen-bond donors (Lipinski definition) is 1. The molecule has 1 aliphatic heterocycles. The molecule has 3 rings (SSSR count). The fourth-order valence-electron chi connectivity index (χ4n) is 5.27. The number of ether oxygens (including phenoxy) is 4. The number of aliphatic hydroxyl groups excluding tert-OH is 1. The largest absolute Gasteiger partial charge is 0.491 e. The summed E-state index contributed by atoms with van der Waals surface area (Å²) >= 11 is 5.99. The van der Waals surface area contributed by atoms with Crippen LogP contribution in [-0.2, 0) is 19.0 Å². The lowest BCUT2D eigenvalue weighted by molar-refractivity contribution is -0.196. The number of halogens is 2. The third-order valence-corrected chi connectivity index (χ3v) is 7.53. The van der Waals surface area contributed by atoms with Crippen molar-refractivity contribution in [1.82, 2.24) is 0 Å². The van der Waals surface area contributed by atoms with E-state index in [-0.39, 0.29) is 36.8 Å². The molecule has 38 heavy (non-hydrogen) atoms. The fourth-order valence-corrected chi connectivity index (χ4v) is 5.45. The Balaban J connectivity index is 1.50. The quantitative estimate of drug-likeness (QED) is 0.137. The first kappa shape index (κ1) is 30.9. The molecule has 8 heteroatoms. The molecule has 1 aromatic rings. The molecule has 1 saturated heterocycles. The third kappa shape index (κ3) is 10.8. The molecule has 0 amide bonds. The molecule has 214 valence electrons. The topological polar surface area (TPSA) is 74.2 Å². The van der Waals surface area contributed by atoms with Crippen LogP contribution in [0.3, 0.4) is 0 Å². The maximum atomic E-state index is 14.8. The summed E-state index contributed by atoms with van der Waals surface area (Å²) in [6.07, 6.45) is 9.90. The number of benzene rings is 1. The SMILES string of the molecule is CCCOC(=O)CCC/C=C\C[C@@H]1[C@@H](CC[C@@H](F)COc2cccc(Cl)c2)[C@H](OC2CCCCO2)C[C@@H]1O. The van der Waals surface area contributed by atoms with Crippen molar-refractivity contribution in [3.63, 3.8) is 0 Å². The standard InChI is InChI=1S/C30H44ClFO6/c1-2-17-35-29(34)13-6-4-3-5-12-25-26(28(20-27(25)33)38-30-14-7-8-18-36-30)16-15-23(32)21-37-24-11-9-10-22(31)19-24/h3,5,9-11,19,23,25-28,30,33H,2,4,6-8,12-18,20-21H2,1H3/b5-3-/t23-,25-,26-,27+,28-,30?/m1/s1. The second-order valence-corrected chi connectivity index (χ2v) is 10.8. The predicted octanol–water partition coefficient (Wildman–Crippen LogP) is 6.82. The molecular weight excluding hydrogens is 511 g/mol. The Labute approximate surface area is 231 Å². The highest BCUT2D eigenvalue weighted by Gasteiger charge is 2.43. The Morgan fingerprint density at radius 3 is 2.92 bits per heavy atom. The molecule has 2 fully saturated rings. The van der Waals surface area contributed by atoms with Gasteiger partial charge in [-0.1, -0.05) is 36.7 Å². The van der Waals surface area contributed by atoms with Crippen LogP contribution < -0.4 is 4.74 Å². The molecule has 1 N–H and O–H groups in total. The summed E-state index contributed by atoms with van der Waals surface area (Å²) in [7, 11) is 0. The van der Waals surface area contributed by atoms with Crippen molar-refractivity contribution in [2.75, 3.05) is 19.8 Å². The lowest BCUT2D eigenvalue weighted by atomic mass is 9.86. The summed E-state index contributed by atoms with van der Waals surface area (Å²) in [5.41, 5.74) is 0. The van der Waals surface area contributed by atoms with Crippen molar-refractivity contribution in [1.29, 1.82) is 0 Å². The zero-order valence-corrected chi connectivity index (χ0v) is 23.3. The highest BCUT2D eigenvalue weighted by molar-refractivity contribution is 6.30. The van der Waals surface area contributed by atoms with Crippen molar-refractivity contribution in [3.8, 4) is 5.75 Å². The predicted molar refractivity (Wildman–Crippen MR) is 146 cm³/mol. The van der Waals surface area contributed by atoms with E-state index >= 15 is 0 Å². The van der Waals surface area contributed by atoms with Gasteiger partial charge in [-0.3, -0.25) is 4.79 Å². The average molecular weight is 555 g/mol. The summed E-state index contributed by atoms with van der Waals surface area (Å²) in [6.45, 7) is 3.09. The van der Waals surface area contributed by atoms with Gasteiger partial charge in [0.05, 0.1) is 18.8 Å². The van der Waals surface area contributed by atoms with E-state index in [2.05, 4.69) is 12.2 Å². The Kier molecular flexibility index (Phi) is 13.9. The van der Waals surface area contributed by atoms with Crippen molar-refractivity contribution >= 4 is 17.6 Å².